The van der Waals surface area contributed by atoms with Crippen LogP contribution < -0.4 is 5.56 Å². The average Bonchev–Trinajstić information content (AvgIpc) is 2.78. The molecule has 0 spiro atoms. The first-order valence-corrected chi connectivity index (χ1v) is 7.51. The lowest BCUT2D eigenvalue weighted by atomic mass is 10.3. The summed E-state index contributed by atoms with van der Waals surface area (Å²) in [5.41, 5.74) is 2.37. The molecule has 0 radical (unpaired) electrons. The molecule has 0 aliphatic carbocycles. The van der Waals surface area contributed by atoms with Crippen LogP contribution in [0.4, 0.5) is 0 Å². The monoisotopic (exact) mass is 301 g/mol. The van der Waals surface area contributed by atoms with Gasteiger partial charge < -0.3 is 4.57 Å². The minimum Gasteiger partial charge on any atom is -0.309 e. The van der Waals surface area contributed by atoms with Gasteiger partial charge >= 0.3 is 0 Å². The first kappa shape index (κ1) is 13.8. The van der Waals surface area contributed by atoms with Crippen molar-refractivity contribution in [2.24, 2.45) is 7.05 Å². The number of hydrogen-bond acceptors (Lipinski definition) is 5. The topological polar surface area (TPSA) is 65.1 Å². The van der Waals surface area contributed by atoms with Crippen LogP contribution in [0.1, 0.15) is 17.1 Å². The normalized spacial score (nSPS) is 11.2. The number of nitrogens with zero attached hydrogens (tertiary/aromatic N) is 5. The van der Waals surface area contributed by atoms with Gasteiger partial charge in [0.05, 0.1) is 5.69 Å². The van der Waals surface area contributed by atoms with Crippen molar-refractivity contribution < 1.29 is 0 Å². The SMILES string of the molecule is Cc1cccn2c(=O)cc(CSc3nnc(C)n3C)nc12. The standard InChI is InChI=1S/C14H15N5OS/c1-9-5-4-6-19-12(20)7-11(15-13(9)19)8-21-14-17-16-10(2)18(14)3/h4-7H,8H2,1-3H3. The number of aromatic nitrogens is 5. The van der Waals surface area contributed by atoms with Gasteiger partial charge in [-0.05, 0) is 25.5 Å². The van der Waals surface area contributed by atoms with Crippen LogP contribution in [0.5, 0.6) is 0 Å². The van der Waals surface area contributed by atoms with Gasteiger partial charge in [0.15, 0.2) is 5.16 Å². The number of hydrogen-bond donors (Lipinski definition) is 0. The Morgan fingerprint density at radius 1 is 1.29 bits per heavy atom. The summed E-state index contributed by atoms with van der Waals surface area (Å²) in [6.45, 7) is 3.85. The summed E-state index contributed by atoms with van der Waals surface area (Å²) in [5.74, 6) is 1.45. The summed E-state index contributed by atoms with van der Waals surface area (Å²) in [7, 11) is 1.92. The fourth-order valence-electron chi connectivity index (χ4n) is 2.03. The highest BCUT2D eigenvalue weighted by Gasteiger charge is 2.08. The smallest absolute Gasteiger partial charge is 0.258 e. The van der Waals surface area contributed by atoms with Crippen LogP contribution in [0, 0.1) is 13.8 Å². The lowest BCUT2D eigenvalue weighted by molar-refractivity contribution is 0.765. The van der Waals surface area contributed by atoms with Crippen molar-refractivity contribution >= 4 is 17.4 Å². The Morgan fingerprint density at radius 2 is 2.10 bits per heavy atom. The molecule has 21 heavy (non-hydrogen) atoms. The van der Waals surface area contributed by atoms with E-state index in [1.54, 1.807) is 16.7 Å². The zero-order valence-corrected chi connectivity index (χ0v) is 12.9. The van der Waals surface area contributed by atoms with Gasteiger partial charge in [-0.15, -0.1) is 10.2 Å². The molecule has 0 saturated carbocycles. The predicted molar refractivity (Wildman–Crippen MR) is 81.5 cm³/mol. The Kier molecular flexibility index (Phi) is 3.50. The third-order valence-electron chi connectivity index (χ3n) is 3.34. The molecular formula is C14H15N5OS. The van der Waals surface area contributed by atoms with Crippen molar-refractivity contribution in [1.82, 2.24) is 24.1 Å². The van der Waals surface area contributed by atoms with Gasteiger partial charge in [0.1, 0.15) is 11.5 Å². The second kappa shape index (κ2) is 5.33. The summed E-state index contributed by atoms with van der Waals surface area (Å²) >= 11 is 1.52. The second-order valence-electron chi connectivity index (χ2n) is 4.85. The van der Waals surface area contributed by atoms with Crippen molar-refractivity contribution in [3.8, 4) is 0 Å². The summed E-state index contributed by atoms with van der Waals surface area (Å²) in [5, 5.41) is 8.93. The molecule has 108 valence electrons. The quantitative estimate of drug-likeness (QED) is 0.689. The third kappa shape index (κ3) is 2.56. The number of thioether (sulfide) groups is 1. The van der Waals surface area contributed by atoms with Gasteiger partial charge in [0.25, 0.3) is 5.56 Å². The summed E-state index contributed by atoms with van der Waals surface area (Å²) in [6.07, 6.45) is 1.74. The van der Waals surface area contributed by atoms with Crippen molar-refractivity contribution in [3.05, 3.63) is 51.8 Å². The summed E-state index contributed by atoms with van der Waals surface area (Å²) < 4.78 is 3.49. The largest absolute Gasteiger partial charge is 0.309 e. The van der Waals surface area contributed by atoms with Crippen LogP contribution in [0.15, 0.2) is 34.3 Å². The molecule has 0 aliphatic heterocycles. The molecule has 0 bridgehead atoms. The molecule has 3 aromatic rings. The molecule has 0 aliphatic rings. The van der Waals surface area contributed by atoms with E-state index >= 15 is 0 Å². The minimum absolute atomic E-state index is 0.0616. The van der Waals surface area contributed by atoms with Gasteiger partial charge in [0.2, 0.25) is 0 Å². The highest BCUT2D eigenvalue weighted by Crippen LogP contribution is 2.19. The molecule has 3 rings (SSSR count). The lowest BCUT2D eigenvalue weighted by Crippen LogP contribution is -2.15. The highest BCUT2D eigenvalue weighted by molar-refractivity contribution is 7.98. The Balaban J connectivity index is 1.93. The number of fused-ring (bicyclic) bond motifs is 1. The zero-order valence-electron chi connectivity index (χ0n) is 12.1. The highest BCUT2D eigenvalue weighted by atomic mass is 32.2. The summed E-state index contributed by atoms with van der Waals surface area (Å²) in [6, 6.07) is 5.37. The molecule has 0 atom stereocenters. The molecule has 0 N–H and O–H groups in total. The lowest BCUT2D eigenvalue weighted by Gasteiger charge is -2.06. The van der Waals surface area contributed by atoms with E-state index in [4.69, 9.17) is 0 Å². The first-order chi connectivity index (χ1) is 10.1. The second-order valence-corrected chi connectivity index (χ2v) is 5.79. The van der Waals surface area contributed by atoms with E-state index in [2.05, 4.69) is 15.2 Å². The molecule has 3 heterocycles. The van der Waals surface area contributed by atoms with Crippen LogP contribution >= 0.6 is 11.8 Å². The maximum Gasteiger partial charge on any atom is 0.258 e. The Hall–Kier alpha value is -2.15. The molecule has 7 heteroatoms. The van der Waals surface area contributed by atoms with E-state index < -0.39 is 0 Å². The van der Waals surface area contributed by atoms with Gasteiger partial charge in [-0.2, -0.15) is 0 Å². The van der Waals surface area contributed by atoms with Crippen LogP contribution in [0.25, 0.3) is 5.65 Å². The fourth-order valence-corrected chi connectivity index (χ4v) is 2.88. The summed E-state index contributed by atoms with van der Waals surface area (Å²) in [4.78, 5) is 16.7. The van der Waals surface area contributed by atoms with Gasteiger partial charge in [-0.1, -0.05) is 17.8 Å². The maximum atomic E-state index is 12.1. The van der Waals surface area contributed by atoms with E-state index in [1.165, 1.54) is 11.8 Å². The molecule has 3 aromatic heterocycles. The molecule has 0 unspecified atom stereocenters. The Labute approximate surface area is 125 Å². The molecule has 0 amide bonds. The Bertz CT molecular complexity index is 867. The first-order valence-electron chi connectivity index (χ1n) is 6.53. The molecule has 0 fully saturated rings. The van der Waals surface area contributed by atoms with Crippen LogP contribution in [-0.4, -0.2) is 24.1 Å². The Morgan fingerprint density at radius 3 is 2.81 bits per heavy atom. The fraction of sp³-hybridized carbons (Fsp3) is 0.286. The predicted octanol–water partition coefficient (Wildman–Crippen LogP) is 1.73. The molecule has 0 saturated heterocycles. The third-order valence-corrected chi connectivity index (χ3v) is 4.39. The van der Waals surface area contributed by atoms with E-state index in [0.717, 1.165) is 22.2 Å². The zero-order chi connectivity index (χ0) is 15.0. The van der Waals surface area contributed by atoms with E-state index in [1.807, 2.05) is 37.6 Å². The van der Waals surface area contributed by atoms with E-state index in [9.17, 15) is 4.79 Å². The number of rotatable bonds is 3. The number of aryl methyl sites for hydroxylation is 2. The minimum atomic E-state index is -0.0616. The van der Waals surface area contributed by atoms with Gasteiger partial charge in [0, 0.05) is 25.1 Å². The average molecular weight is 301 g/mol. The maximum absolute atomic E-state index is 12.1. The number of pyridine rings is 1. The van der Waals surface area contributed by atoms with Gasteiger partial charge in [-0.25, -0.2) is 4.98 Å². The van der Waals surface area contributed by atoms with Crippen molar-refractivity contribution in [2.45, 2.75) is 24.8 Å². The van der Waals surface area contributed by atoms with Crippen molar-refractivity contribution in [1.29, 1.82) is 0 Å². The molecular weight excluding hydrogens is 286 g/mol. The van der Waals surface area contributed by atoms with Crippen LogP contribution in [0.3, 0.4) is 0 Å². The van der Waals surface area contributed by atoms with Crippen molar-refractivity contribution in [2.75, 3.05) is 0 Å². The van der Waals surface area contributed by atoms with Crippen LogP contribution in [0.2, 0.25) is 0 Å². The van der Waals surface area contributed by atoms with E-state index in [-0.39, 0.29) is 5.56 Å². The van der Waals surface area contributed by atoms with Crippen LogP contribution in [-0.2, 0) is 12.8 Å². The van der Waals surface area contributed by atoms with E-state index in [0.29, 0.717) is 11.4 Å². The molecule has 6 nitrogen and oxygen atoms in total. The van der Waals surface area contributed by atoms with Gasteiger partial charge in [-0.3, -0.25) is 9.20 Å². The molecule has 0 aromatic carbocycles. The van der Waals surface area contributed by atoms with Crippen molar-refractivity contribution in [3.63, 3.8) is 0 Å².